The van der Waals surface area contributed by atoms with Gasteiger partial charge < -0.3 is 0 Å². The van der Waals surface area contributed by atoms with Gasteiger partial charge in [0.2, 0.25) is 0 Å². The van der Waals surface area contributed by atoms with Gasteiger partial charge in [-0.05, 0) is 25.0 Å². The molecule has 2 rings (SSSR count). The zero-order valence-electron chi connectivity index (χ0n) is 10.4. The van der Waals surface area contributed by atoms with Gasteiger partial charge in [0, 0.05) is 16.6 Å². The Balaban J connectivity index is 2.77. The Labute approximate surface area is 103 Å². The maximum Gasteiger partial charge on any atom is 0.0783 e. The monoisotopic (exact) mass is 223 g/mol. The maximum absolute atomic E-state index is 4.70. The lowest BCUT2D eigenvalue weighted by Gasteiger charge is -2.07. The van der Waals surface area contributed by atoms with Gasteiger partial charge in [-0.3, -0.25) is 4.98 Å². The van der Waals surface area contributed by atoms with Crippen LogP contribution in [0.25, 0.3) is 23.1 Å². The molecule has 1 aromatic carbocycles. The minimum Gasteiger partial charge on any atom is -0.252 e. The summed E-state index contributed by atoms with van der Waals surface area (Å²) in [5.41, 5.74) is 4.47. The molecule has 0 aliphatic heterocycles. The molecule has 0 aliphatic carbocycles. The number of allylic oxidation sites excluding steroid dienone is 1. The van der Waals surface area contributed by atoms with E-state index >= 15 is 0 Å². The van der Waals surface area contributed by atoms with Crippen LogP contribution in [0.3, 0.4) is 0 Å². The van der Waals surface area contributed by atoms with E-state index in [-0.39, 0.29) is 0 Å². The number of hydrogen-bond acceptors (Lipinski definition) is 1. The van der Waals surface area contributed by atoms with Crippen molar-refractivity contribution in [3.05, 3.63) is 53.7 Å². The van der Waals surface area contributed by atoms with Crippen molar-refractivity contribution in [2.24, 2.45) is 0 Å². The third kappa shape index (κ3) is 2.14. The van der Waals surface area contributed by atoms with Crippen molar-refractivity contribution in [2.45, 2.75) is 20.3 Å². The van der Waals surface area contributed by atoms with Gasteiger partial charge in [-0.1, -0.05) is 49.9 Å². The molecule has 0 aliphatic rings. The summed E-state index contributed by atoms with van der Waals surface area (Å²) in [4.78, 5) is 4.70. The normalized spacial score (nSPS) is 11.2. The van der Waals surface area contributed by atoms with E-state index in [4.69, 9.17) is 4.98 Å². The summed E-state index contributed by atoms with van der Waals surface area (Å²) in [5, 5.41) is 1.17. The Morgan fingerprint density at radius 3 is 2.65 bits per heavy atom. The van der Waals surface area contributed by atoms with Gasteiger partial charge in [0.15, 0.2) is 0 Å². The van der Waals surface area contributed by atoms with Crippen LogP contribution in [-0.2, 0) is 6.42 Å². The second kappa shape index (κ2) is 4.96. The summed E-state index contributed by atoms with van der Waals surface area (Å²) >= 11 is 0. The molecule has 1 aromatic heterocycles. The molecule has 86 valence electrons. The molecular formula is C16H17N. The first-order valence-electron chi connectivity index (χ1n) is 5.98. The largest absolute Gasteiger partial charge is 0.252 e. The predicted molar refractivity (Wildman–Crippen MR) is 75.9 cm³/mol. The first kappa shape index (κ1) is 11.6. The van der Waals surface area contributed by atoms with Crippen molar-refractivity contribution in [2.75, 3.05) is 0 Å². The summed E-state index contributed by atoms with van der Waals surface area (Å²) in [7, 11) is 0. The molecule has 1 heterocycles. The van der Waals surface area contributed by atoms with E-state index in [9.17, 15) is 0 Å². The van der Waals surface area contributed by atoms with Crippen LogP contribution in [-0.4, -0.2) is 4.98 Å². The number of benzene rings is 1. The lowest BCUT2D eigenvalue weighted by atomic mass is 10.0. The van der Waals surface area contributed by atoms with Gasteiger partial charge in [0.25, 0.3) is 0 Å². The second-order valence-corrected chi connectivity index (χ2v) is 4.00. The highest BCUT2D eigenvalue weighted by atomic mass is 14.7. The van der Waals surface area contributed by atoms with Gasteiger partial charge >= 0.3 is 0 Å². The Kier molecular flexibility index (Phi) is 3.38. The van der Waals surface area contributed by atoms with Gasteiger partial charge in [-0.25, -0.2) is 0 Å². The molecule has 0 saturated carbocycles. The first-order valence-corrected chi connectivity index (χ1v) is 5.98. The molecule has 0 N–H and O–H groups in total. The van der Waals surface area contributed by atoms with Crippen LogP contribution in [0.4, 0.5) is 0 Å². The molecule has 1 nitrogen and oxygen atoms in total. The van der Waals surface area contributed by atoms with Gasteiger partial charge in [0.1, 0.15) is 0 Å². The summed E-state index contributed by atoms with van der Waals surface area (Å²) < 4.78 is 0. The summed E-state index contributed by atoms with van der Waals surface area (Å²) in [6.07, 6.45) is 6.99. The average molecular weight is 223 g/mol. The van der Waals surface area contributed by atoms with Crippen LogP contribution < -0.4 is 0 Å². The standard InChI is InChI=1S/C16H17N/c1-4-7-12-8-9-13-10-11-14(5-2)17-16(13)15(12)6-3/h4,6-11H,3,5H2,1-2H3/b7-4-. The quantitative estimate of drug-likeness (QED) is 0.748. The molecule has 17 heavy (non-hydrogen) atoms. The van der Waals surface area contributed by atoms with Gasteiger partial charge in [0.05, 0.1) is 5.52 Å². The highest BCUT2D eigenvalue weighted by Crippen LogP contribution is 2.23. The molecule has 0 bridgehead atoms. The van der Waals surface area contributed by atoms with Crippen molar-refractivity contribution in [1.29, 1.82) is 0 Å². The van der Waals surface area contributed by atoms with Crippen molar-refractivity contribution in [1.82, 2.24) is 4.98 Å². The molecular weight excluding hydrogens is 206 g/mol. The van der Waals surface area contributed by atoms with E-state index in [0.717, 1.165) is 23.2 Å². The molecule has 0 spiro atoms. The number of aromatic nitrogens is 1. The van der Waals surface area contributed by atoms with Gasteiger partial charge in [-0.15, -0.1) is 0 Å². The third-order valence-corrected chi connectivity index (χ3v) is 2.91. The number of hydrogen-bond donors (Lipinski definition) is 0. The van der Waals surface area contributed by atoms with E-state index in [0.29, 0.717) is 0 Å². The van der Waals surface area contributed by atoms with E-state index in [2.05, 4.69) is 43.8 Å². The zero-order chi connectivity index (χ0) is 12.3. The predicted octanol–water partition coefficient (Wildman–Crippen LogP) is 4.47. The molecule has 0 fully saturated rings. The lowest BCUT2D eigenvalue weighted by Crippen LogP contribution is -1.92. The Bertz CT molecular complexity index is 579. The van der Waals surface area contributed by atoms with Crippen molar-refractivity contribution >= 4 is 23.1 Å². The molecule has 0 unspecified atom stereocenters. The van der Waals surface area contributed by atoms with Crippen molar-refractivity contribution < 1.29 is 0 Å². The lowest BCUT2D eigenvalue weighted by molar-refractivity contribution is 1.06. The van der Waals surface area contributed by atoms with Crippen LogP contribution in [0.2, 0.25) is 0 Å². The summed E-state index contributed by atoms with van der Waals surface area (Å²) in [6.45, 7) is 8.05. The minimum atomic E-state index is 0.959. The fourth-order valence-electron chi connectivity index (χ4n) is 2.00. The van der Waals surface area contributed by atoms with E-state index in [1.165, 1.54) is 10.9 Å². The minimum absolute atomic E-state index is 0.959. The molecule has 1 heteroatoms. The number of fused-ring (bicyclic) bond motifs is 1. The molecule has 0 saturated heterocycles. The molecule has 2 aromatic rings. The van der Waals surface area contributed by atoms with Crippen LogP contribution in [0.15, 0.2) is 36.9 Å². The first-order chi connectivity index (χ1) is 8.30. The fourth-order valence-corrected chi connectivity index (χ4v) is 2.00. The summed E-state index contributed by atoms with van der Waals surface area (Å²) in [5.74, 6) is 0. The maximum atomic E-state index is 4.70. The Morgan fingerprint density at radius 1 is 1.24 bits per heavy atom. The van der Waals surface area contributed by atoms with Crippen molar-refractivity contribution in [3.8, 4) is 0 Å². The zero-order valence-corrected chi connectivity index (χ0v) is 10.4. The Hall–Kier alpha value is -1.89. The van der Waals surface area contributed by atoms with Crippen LogP contribution in [0.5, 0.6) is 0 Å². The number of nitrogens with zero attached hydrogens (tertiary/aromatic N) is 1. The van der Waals surface area contributed by atoms with Crippen molar-refractivity contribution in [3.63, 3.8) is 0 Å². The van der Waals surface area contributed by atoms with E-state index in [1.807, 2.05) is 19.1 Å². The summed E-state index contributed by atoms with van der Waals surface area (Å²) in [6, 6.07) is 8.45. The number of aryl methyl sites for hydroxylation is 1. The number of pyridine rings is 1. The van der Waals surface area contributed by atoms with Crippen LogP contribution in [0.1, 0.15) is 30.7 Å². The van der Waals surface area contributed by atoms with Crippen LogP contribution >= 0.6 is 0 Å². The second-order valence-electron chi connectivity index (χ2n) is 4.00. The van der Waals surface area contributed by atoms with E-state index < -0.39 is 0 Å². The van der Waals surface area contributed by atoms with Gasteiger partial charge in [-0.2, -0.15) is 0 Å². The smallest absolute Gasteiger partial charge is 0.0783 e. The third-order valence-electron chi connectivity index (χ3n) is 2.91. The average Bonchev–Trinajstić information content (AvgIpc) is 2.38. The van der Waals surface area contributed by atoms with Crippen LogP contribution in [0, 0.1) is 0 Å². The topological polar surface area (TPSA) is 12.9 Å². The molecule has 0 atom stereocenters. The highest BCUT2D eigenvalue weighted by molar-refractivity contribution is 5.91. The molecule has 0 amide bonds. The fraction of sp³-hybridized carbons (Fsp3) is 0.188. The highest BCUT2D eigenvalue weighted by Gasteiger charge is 2.04. The Morgan fingerprint density at radius 2 is 2.00 bits per heavy atom. The number of rotatable bonds is 3. The van der Waals surface area contributed by atoms with E-state index in [1.54, 1.807) is 0 Å². The molecule has 0 radical (unpaired) electrons. The SMILES string of the molecule is C=Cc1c(/C=C\C)ccc2ccc(CC)nc12.